The van der Waals surface area contributed by atoms with Crippen LogP contribution in [0.2, 0.25) is 0 Å². The largest absolute Gasteiger partial charge is 0.698 e. The zero-order valence-electron chi connectivity index (χ0n) is 21.5. The van der Waals surface area contributed by atoms with Crippen molar-refractivity contribution in [2.75, 3.05) is 18.9 Å². The van der Waals surface area contributed by atoms with Gasteiger partial charge in [0.1, 0.15) is 18.4 Å². The number of esters is 1. The van der Waals surface area contributed by atoms with Gasteiger partial charge >= 0.3 is 20.3 Å². The van der Waals surface area contributed by atoms with Gasteiger partial charge in [-0.1, -0.05) is 45.4 Å². The highest BCUT2D eigenvalue weighted by Crippen LogP contribution is 2.40. The molecule has 0 spiro atoms. The van der Waals surface area contributed by atoms with E-state index in [1.54, 1.807) is 6.92 Å². The van der Waals surface area contributed by atoms with Crippen molar-refractivity contribution < 1.29 is 37.4 Å². The van der Waals surface area contributed by atoms with Crippen LogP contribution in [0.15, 0.2) is 6.33 Å². The van der Waals surface area contributed by atoms with Crippen molar-refractivity contribution in [3.05, 3.63) is 12.4 Å². The summed E-state index contributed by atoms with van der Waals surface area (Å²) in [6, 6.07) is 0. The van der Waals surface area contributed by atoms with Gasteiger partial charge in [-0.05, 0) is 20.3 Å². The van der Waals surface area contributed by atoms with E-state index in [0.717, 1.165) is 19.3 Å². The number of aromatic nitrogens is 4. The number of carbonyl (C=O) groups is 1. The Morgan fingerprint density at radius 1 is 1.32 bits per heavy atom. The van der Waals surface area contributed by atoms with Crippen LogP contribution in [-0.4, -0.2) is 61.6 Å². The van der Waals surface area contributed by atoms with E-state index < -0.39 is 44.3 Å². The minimum Gasteiger partial charge on any atom is -0.464 e. The summed E-state index contributed by atoms with van der Waals surface area (Å²) >= 11 is 0. The third-order valence-electron chi connectivity index (χ3n) is 6.29. The zero-order valence-corrected chi connectivity index (χ0v) is 22.4. The summed E-state index contributed by atoms with van der Waals surface area (Å²) in [5.74, 6) is -0.739. The predicted octanol–water partition coefficient (Wildman–Crippen LogP) is 3.96. The number of nitrogens with two attached hydrogens (primary N) is 1. The van der Waals surface area contributed by atoms with E-state index >= 15 is 0 Å². The summed E-state index contributed by atoms with van der Waals surface area (Å²) in [4.78, 5) is 23.4. The van der Waals surface area contributed by atoms with E-state index in [-0.39, 0.29) is 36.6 Å². The topological polar surface area (TPSA) is 161 Å². The number of halogens is 1. The van der Waals surface area contributed by atoms with Crippen molar-refractivity contribution in [3.63, 3.8) is 0 Å². The number of anilines is 1. The van der Waals surface area contributed by atoms with Gasteiger partial charge in [0.15, 0.2) is 17.0 Å². The molecule has 2 aromatic heterocycles. The number of nitrogen functional groups attached to an aromatic ring is 1. The highest BCUT2D eigenvalue weighted by molar-refractivity contribution is 7.33. The van der Waals surface area contributed by atoms with E-state index in [0.29, 0.717) is 0 Å². The fraction of sp³-hybridized carbons (Fsp3) is 0.739. The first kappa shape index (κ1) is 29.2. The molecule has 1 saturated heterocycles. The first-order valence-corrected chi connectivity index (χ1v) is 13.7. The molecule has 0 radical (unpaired) electrons. The number of carbonyl (C=O) groups excluding carboxylic acids is 1. The molecule has 1 fully saturated rings. The molecule has 3 rings (SSSR count). The van der Waals surface area contributed by atoms with Crippen molar-refractivity contribution in [2.45, 2.75) is 96.2 Å². The second-order valence-corrected chi connectivity index (χ2v) is 10.3. The smallest absolute Gasteiger partial charge is 0.464 e. The highest BCUT2D eigenvalue weighted by atomic mass is 31.1. The van der Waals surface area contributed by atoms with E-state index in [2.05, 4.69) is 21.9 Å². The van der Waals surface area contributed by atoms with Gasteiger partial charge in [-0.25, -0.2) is 9.78 Å². The Bertz CT molecular complexity index is 1070. The molecule has 1 aliphatic rings. The predicted molar refractivity (Wildman–Crippen MR) is 132 cm³/mol. The number of aliphatic hydroxyl groups excluding tert-OH is 1. The molecule has 206 valence electrons. The standard InChI is InChI=1S/C23H36FN5O7P/c1-4-5-6-7-8-9-10-11-33-21(31)15(2)36-37(32)34-13-23(3)16(30)12-17(35-23)29-14-26-18-19(25)27-22(24)28-20(18)29/h14-17,30H,4-13H2,1-3H3,(H2,25,27,28)/q+1/t15-,16-,17+,23+/m0/s1. The monoisotopic (exact) mass is 544 g/mol. The third kappa shape index (κ3) is 7.84. The van der Waals surface area contributed by atoms with Crippen molar-refractivity contribution in [1.82, 2.24) is 19.5 Å². The lowest BCUT2D eigenvalue weighted by Crippen LogP contribution is -2.40. The van der Waals surface area contributed by atoms with E-state index in [9.17, 15) is 18.9 Å². The average Bonchev–Trinajstić information content (AvgIpc) is 3.40. The number of fused-ring (bicyclic) bond motifs is 1. The van der Waals surface area contributed by atoms with Crippen LogP contribution < -0.4 is 5.73 Å². The first-order chi connectivity index (χ1) is 17.6. The maximum atomic E-state index is 13.7. The average molecular weight is 545 g/mol. The lowest BCUT2D eigenvalue weighted by molar-refractivity contribution is -0.151. The number of imidazole rings is 1. The Labute approximate surface area is 216 Å². The van der Waals surface area contributed by atoms with Gasteiger partial charge in [0, 0.05) is 11.0 Å². The number of hydrogen-bond acceptors (Lipinski definition) is 11. The molecule has 12 nitrogen and oxygen atoms in total. The number of aliphatic hydroxyl groups is 1. The van der Waals surface area contributed by atoms with Crippen LogP contribution in [0.1, 0.15) is 78.4 Å². The van der Waals surface area contributed by atoms with Gasteiger partial charge in [-0.15, -0.1) is 9.05 Å². The van der Waals surface area contributed by atoms with Gasteiger partial charge in [0.2, 0.25) is 6.10 Å². The van der Waals surface area contributed by atoms with Crippen LogP contribution in [0.3, 0.4) is 0 Å². The lowest BCUT2D eigenvalue weighted by atomic mass is 10.0. The molecular formula is C23H36FN5O7P+. The molecule has 0 aliphatic carbocycles. The molecule has 2 aromatic rings. The molecule has 37 heavy (non-hydrogen) atoms. The molecule has 14 heteroatoms. The van der Waals surface area contributed by atoms with Crippen LogP contribution in [-0.2, 0) is 27.9 Å². The lowest BCUT2D eigenvalue weighted by Gasteiger charge is -2.24. The van der Waals surface area contributed by atoms with Crippen LogP contribution in [0.4, 0.5) is 10.2 Å². The quantitative estimate of drug-likeness (QED) is 0.144. The molecule has 0 amide bonds. The van der Waals surface area contributed by atoms with Crippen LogP contribution in [0, 0.1) is 6.08 Å². The molecule has 5 atom stereocenters. The van der Waals surface area contributed by atoms with Gasteiger partial charge in [-0.2, -0.15) is 14.4 Å². The fourth-order valence-corrected chi connectivity index (χ4v) is 4.80. The minimum absolute atomic E-state index is 0.107. The number of ether oxygens (including phenoxy) is 2. The molecular weight excluding hydrogens is 508 g/mol. The summed E-state index contributed by atoms with van der Waals surface area (Å²) in [6.45, 7) is 5.16. The first-order valence-electron chi connectivity index (χ1n) is 12.6. The van der Waals surface area contributed by atoms with Gasteiger partial charge in [-0.3, -0.25) is 4.57 Å². The third-order valence-corrected chi connectivity index (χ3v) is 7.12. The summed E-state index contributed by atoms with van der Waals surface area (Å²) in [5, 5.41) is 10.6. The van der Waals surface area contributed by atoms with Crippen molar-refractivity contribution in [3.8, 4) is 0 Å². The van der Waals surface area contributed by atoms with Crippen LogP contribution in [0.5, 0.6) is 0 Å². The Morgan fingerprint density at radius 2 is 2.03 bits per heavy atom. The maximum absolute atomic E-state index is 13.7. The maximum Gasteiger partial charge on any atom is 0.698 e. The Balaban J connectivity index is 1.43. The van der Waals surface area contributed by atoms with Crippen molar-refractivity contribution >= 4 is 31.2 Å². The van der Waals surface area contributed by atoms with E-state index in [4.69, 9.17) is 24.3 Å². The highest BCUT2D eigenvalue weighted by Gasteiger charge is 2.48. The van der Waals surface area contributed by atoms with E-state index in [1.807, 2.05) is 0 Å². The van der Waals surface area contributed by atoms with Crippen molar-refractivity contribution in [1.29, 1.82) is 0 Å². The second-order valence-electron chi connectivity index (χ2n) is 9.37. The Hall–Kier alpha value is -2.31. The van der Waals surface area contributed by atoms with Gasteiger partial charge in [0.25, 0.3) is 0 Å². The molecule has 1 aliphatic heterocycles. The summed E-state index contributed by atoms with van der Waals surface area (Å²) in [5.41, 5.74) is 4.74. The Kier molecular flexibility index (Phi) is 10.7. The van der Waals surface area contributed by atoms with Crippen LogP contribution >= 0.6 is 8.25 Å². The Morgan fingerprint density at radius 3 is 2.76 bits per heavy atom. The number of rotatable bonds is 15. The molecule has 3 N–H and O–H groups in total. The summed E-state index contributed by atoms with van der Waals surface area (Å²) < 4.78 is 48.9. The van der Waals surface area contributed by atoms with Gasteiger partial charge < -0.3 is 20.3 Å². The minimum atomic E-state index is -2.69. The number of nitrogens with zero attached hydrogens (tertiary/aromatic N) is 4. The number of hydrogen-bond donors (Lipinski definition) is 2. The summed E-state index contributed by atoms with van der Waals surface area (Å²) in [6.07, 6.45) is 5.28. The molecule has 0 saturated carbocycles. The number of unbranched alkanes of at least 4 members (excludes halogenated alkanes) is 6. The normalized spacial score (nSPS) is 22.9. The molecule has 1 unspecified atom stereocenters. The van der Waals surface area contributed by atoms with Gasteiger partial charge in [0.05, 0.1) is 19.0 Å². The summed E-state index contributed by atoms with van der Waals surface area (Å²) in [7, 11) is -2.69. The molecule has 0 aromatic carbocycles. The fourth-order valence-electron chi connectivity index (χ4n) is 4.03. The second kappa shape index (κ2) is 13.5. The molecule has 3 heterocycles. The van der Waals surface area contributed by atoms with Crippen molar-refractivity contribution in [2.24, 2.45) is 0 Å². The SMILES string of the molecule is CCCCCCCCCOC(=O)[C@H](C)O[P+](=O)OC[C@@]1(C)O[C@@H](n2cnc3c(N)nc(F)nc32)C[C@@H]1O. The zero-order chi connectivity index (χ0) is 27.0. The molecule has 0 bridgehead atoms. The van der Waals surface area contributed by atoms with E-state index in [1.165, 1.54) is 43.5 Å². The van der Waals surface area contributed by atoms with Crippen LogP contribution in [0.25, 0.3) is 11.2 Å².